The Hall–Kier alpha value is -1.63. The molecule has 0 bridgehead atoms. The molecule has 158 valence electrons. The van der Waals surface area contributed by atoms with E-state index in [-0.39, 0.29) is 0 Å². The number of nitrogens with zero attached hydrogens (tertiary/aromatic N) is 5. The molecule has 0 aromatic carbocycles. The number of nitrogens with one attached hydrogen (secondary N) is 2. The van der Waals surface area contributed by atoms with Crippen molar-refractivity contribution >= 4 is 5.96 Å². The van der Waals surface area contributed by atoms with Crippen LogP contribution in [0.15, 0.2) is 4.99 Å². The molecule has 0 aliphatic carbocycles. The average molecular weight is 390 g/mol. The summed E-state index contributed by atoms with van der Waals surface area (Å²) in [6.07, 6.45) is 10.2. The second-order valence-corrected chi connectivity index (χ2v) is 8.56. The van der Waals surface area contributed by atoms with Crippen LogP contribution in [0.4, 0.5) is 0 Å². The molecule has 3 rings (SSSR count). The summed E-state index contributed by atoms with van der Waals surface area (Å²) in [6.45, 7) is 9.75. The lowest BCUT2D eigenvalue weighted by Crippen LogP contribution is -2.49. The van der Waals surface area contributed by atoms with Gasteiger partial charge in [0.25, 0.3) is 0 Å². The predicted octanol–water partition coefficient (Wildman–Crippen LogP) is 2.57. The summed E-state index contributed by atoms with van der Waals surface area (Å²) >= 11 is 0. The van der Waals surface area contributed by atoms with Crippen molar-refractivity contribution in [1.82, 2.24) is 30.3 Å². The van der Waals surface area contributed by atoms with Gasteiger partial charge in [0.15, 0.2) is 11.8 Å². The van der Waals surface area contributed by atoms with Crippen molar-refractivity contribution in [2.75, 3.05) is 26.7 Å². The molecular weight excluding hydrogens is 350 g/mol. The predicted molar refractivity (Wildman–Crippen MR) is 114 cm³/mol. The van der Waals surface area contributed by atoms with Crippen LogP contribution in [0.25, 0.3) is 0 Å². The van der Waals surface area contributed by atoms with E-state index >= 15 is 0 Å². The van der Waals surface area contributed by atoms with Crippen LogP contribution in [0.1, 0.15) is 70.4 Å². The standard InChI is InChI=1S/C21H39N7/c1-17(2)18(27-12-8-4-5-9-13-27)15-23-21(22-3)24-16-20-26-25-19-11-7-6-10-14-28(19)20/h17-18H,4-16H2,1-3H3,(H2,22,23,24). The highest BCUT2D eigenvalue weighted by molar-refractivity contribution is 5.79. The SMILES string of the molecule is CN=C(NCc1nnc2n1CCCCC2)NCC(C(C)C)N1CCCCCC1. The number of aliphatic imine (C=N–C) groups is 1. The molecular formula is C21H39N7. The first-order chi connectivity index (χ1) is 13.7. The van der Waals surface area contributed by atoms with Crippen LogP contribution in [-0.4, -0.2) is 58.3 Å². The molecule has 1 unspecified atom stereocenters. The number of guanidine groups is 1. The summed E-state index contributed by atoms with van der Waals surface area (Å²) in [5, 5.41) is 15.8. The zero-order chi connectivity index (χ0) is 19.8. The number of aryl methyl sites for hydroxylation is 1. The summed E-state index contributed by atoms with van der Waals surface area (Å²) in [7, 11) is 1.84. The highest BCUT2D eigenvalue weighted by Crippen LogP contribution is 2.17. The molecule has 1 atom stereocenters. The molecule has 2 N–H and O–H groups in total. The summed E-state index contributed by atoms with van der Waals surface area (Å²) in [4.78, 5) is 7.11. The molecule has 1 aromatic heterocycles. The van der Waals surface area contributed by atoms with Gasteiger partial charge in [0.2, 0.25) is 0 Å². The van der Waals surface area contributed by atoms with E-state index in [0.717, 1.165) is 37.1 Å². The number of fused-ring (bicyclic) bond motifs is 1. The van der Waals surface area contributed by atoms with E-state index in [9.17, 15) is 0 Å². The van der Waals surface area contributed by atoms with Gasteiger partial charge in [0.05, 0.1) is 6.54 Å². The summed E-state index contributed by atoms with van der Waals surface area (Å²) in [5.41, 5.74) is 0. The first kappa shape index (κ1) is 21.1. The van der Waals surface area contributed by atoms with Crippen molar-refractivity contribution in [2.45, 2.75) is 84.3 Å². The molecule has 7 nitrogen and oxygen atoms in total. The Morgan fingerprint density at radius 2 is 1.68 bits per heavy atom. The van der Waals surface area contributed by atoms with Gasteiger partial charge in [-0.1, -0.05) is 33.1 Å². The van der Waals surface area contributed by atoms with E-state index < -0.39 is 0 Å². The molecule has 2 aliphatic rings. The van der Waals surface area contributed by atoms with Crippen LogP contribution >= 0.6 is 0 Å². The minimum Gasteiger partial charge on any atom is -0.355 e. The molecule has 1 aromatic rings. The van der Waals surface area contributed by atoms with Crippen LogP contribution < -0.4 is 10.6 Å². The normalized spacial score (nSPS) is 20.4. The molecule has 0 saturated carbocycles. The van der Waals surface area contributed by atoms with Crippen LogP contribution in [-0.2, 0) is 19.5 Å². The minimum atomic E-state index is 0.543. The van der Waals surface area contributed by atoms with Crippen LogP contribution in [0.3, 0.4) is 0 Å². The maximum Gasteiger partial charge on any atom is 0.191 e. The van der Waals surface area contributed by atoms with E-state index in [1.165, 1.54) is 58.0 Å². The van der Waals surface area contributed by atoms with Gasteiger partial charge >= 0.3 is 0 Å². The Kier molecular flexibility index (Phi) is 8.13. The maximum atomic E-state index is 4.43. The molecule has 0 amide bonds. The molecule has 28 heavy (non-hydrogen) atoms. The zero-order valence-electron chi connectivity index (χ0n) is 18.1. The molecule has 1 fully saturated rings. The van der Waals surface area contributed by atoms with Crippen molar-refractivity contribution in [3.8, 4) is 0 Å². The fourth-order valence-corrected chi connectivity index (χ4v) is 4.47. The lowest BCUT2D eigenvalue weighted by atomic mass is 10.0. The first-order valence-electron chi connectivity index (χ1n) is 11.3. The smallest absolute Gasteiger partial charge is 0.191 e. The molecule has 1 saturated heterocycles. The van der Waals surface area contributed by atoms with E-state index in [0.29, 0.717) is 18.5 Å². The van der Waals surface area contributed by atoms with Crippen molar-refractivity contribution in [3.63, 3.8) is 0 Å². The summed E-state index contributed by atoms with van der Waals surface area (Å²) in [5.74, 6) is 3.63. The average Bonchev–Trinajstić information content (AvgIpc) is 2.90. The lowest BCUT2D eigenvalue weighted by molar-refractivity contribution is 0.161. The third-order valence-electron chi connectivity index (χ3n) is 6.18. The lowest BCUT2D eigenvalue weighted by Gasteiger charge is -2.34. The third kappa shape index (κ3) is 5.69. The van der Waals surface area contributed by atoms with Gasteiger partial charge in [-0.05, 0) is 44.7 Å². The van der Waals surface area contributed by atoms with Gasteiger partial charge in [-0.25, -0.2) is 0 Å². The topological polar surface area (TPSA) is 70.4 Å². The number of hydrogen-bond acceptors (Lipinski definition) is 4. The van der Waals surface area contributed by atoms with E-state index in [1.54, 1.807) is 0 Å². The Labute approximate surface area is 170 Å². The molecule has 2 aliphatic heterocycles. The Bertz CT molecular complexity index is 614. The molecule has 7 heteroatoms. The van der Waals surface area contributed by atoms with Gasteiger partial charge in [-0.2, -0.15) is 0 Å². The van der Waals surface area contributed by atoms with E-state index in [2.05, 4.69) is 49.1 Å². The molecule has 3 heterocycles. The summed E-state index contributed by atoms with van der Waals surface area (Å²) in [6, 6.07) is 0.543. The minimum absolute atomic E-state index is 0.543. The van der Waals surface area contributed by atoms with E-state index in [4.69, 9.17) is 0 Å². The summed E-state index contributed by atoms with van der Waals surface area (Å²) < 4.78 is 2.29. The Balaban J connectivity index is 1.53. The molecule has 0 spiro atoms. The largest absolute Gasteiger partial charge is 0.355 e. The van der Waals surface area contributed by atoms with Crippen molar-refractivity contribution < 1.29 is 0 Å². The quantitative estimate of drug-likeness (QED) is 0.578. The van der Waals surface area contributed by atoms with Crippen LogP contribution in [0.2, 0.25) is 0 Å². The first-order valence-corrected chi connectivity index (χ1v) is 11.3. The highest BCUT2D eigenvalue weighted by atomic mass is 15.3. The number of likely N-dealkylation sites (tertiary alicyclic amines) is 1. The van der Waals surface area contributed by atoms with Crippen LogP contribution in [0.5, 0.6) is 0 Å². The number of rotatable bonds is 6. The number of hydrogen-bond donors (Lipinski definition) is 2. The second-order valence-electron chi connectivity index (χ2n) is 8.56. The van der Waals surface area contributed by atoms with Gasteiger partial charge in [-0.15, -0.1) is 10.2 Å². The second kappa shape index (κ2) is 10.8. The Morgan fingerprint density at radius 1 is 0.964 bits per heavy atom. The van der Waals surface area contributed by atoms with Crippen molar-refractivity contribution in [1.29, 1.82) is 0 Å². The Morgan fingerprint density at radius 3 is 2.39 bits per heavy atom. The van der Waals surface area contributed by atoms with Gasteiger partial charge in [0, 0.05) is 32.6 Å². The van der Waals surface area contributed by atoms with Crippen molar-refractivity contribution in [2.24, 2.45) is 10.9 Å². The monoisotopic (exact) mass is 389 g/mol. The van der Waals surface area contributed by atoms with E-state index in [1.807, 2.05) is 7.05 Å². The zero-order valence-corrected chi connectivity index (χ0v) is 18.1. The number of aromatic nitrogens is 3. The van der Waals surface area contributed by atoms with Gasteiger partial charge in [-0.3, -0.25) is 9.89 Å². The fourth-order valence-electron chi connectivity index (χ4n) is 4.47. The van der Waals surface area contributed by atoms with Crippen molar-refractivity contribution in [3.05, 3.63) is 11.6 Å². The molecule has 0 radical (unpaired) electrons. The highest BCUT2D eigenvalue weighted by Gasteiger charge is 2.23. The maximum absolute atomic E-state index is 4.43. The third-order valence-corrected chi connectivity index (χ3v) is 6.18. The van der Waals surface area contributed by atoms with Gasteiger partial charge in [0.1, 0.15) is 5.82 Å². The fraction of sp³-hybridized carbons (Fsp3) is 0.857. The van der Waals surface area contributed by atoms with Gasteiger partial charge < -0.3 is 15.2 Å². The van der Waals surface area contributed by atoms with Crippen LogP contribution in [0, 0.1) is 5.92 Å².